The fourth-order valence-corrected chi connectivity index (χ4v) is 3.81. The van der Waals surface area contributed by atoms with Gasteiger partial charge in [0.2, 0.25) is 0 Å². The summed E-state index contributed by atoms with van der Waals surface area (Å²) < 4.78 is 0. The molecule has 0 spiro atoms. The van der Waals surface area contributed by atoms with Crippen LogP contribution in [-0.4, -0.2) is 54.6 Å². The first-order chi connectivity index (χ1) is 11.3. The van der Waals surface area contributed by atoms with E-state index in [1.165, 1.54) is 37.7 Å². The maximum atomic E-state index is 12.3. The van der Waals surface area contributed by atoms with Crippen LogP contribution in [0.2, 0.25) is 0 Å². The molecule has 1 N–H and O–H groups in total. The molecule has 1 heterocycles. The summed E-state index contributed by atoms with van der Waals surface area (Å²) in [6.07, 6.45) is 7.76. The highest BCUT2D eigenvalue weighted by Gasteiger charge is 2.26. The zero-order valence-electron chi connectivity index (χ0n) is 14.0. The second-order valence-electron chi connectivity index (χ2n) is 6.78. The van der Waals surface area contributed by atoms with Crippen molar-refractivity contribution in [3.8, 4) is 0 Å². The summed E-state index contributed by atoms with van der Waals surface area (Å²) in [4.78, 5) is 16.8. The smallest absolute Gasteiger partial charge is 0.317 e. The molecule has 0 aromatic heterocycles. The standard InChI is InChI=1S/C19H29N3O/c23-19(20-12-11-17-7-3-1-4-8-17)22-15-13-21(14-16-22)18-9-5-2-6-10-18/h1,3-4,7-8,18H,2,5-6,9-16H2,(H,20,23). The van der Waals surface area contributed by atoms with Crippen molar-refractivity contribution in [3.05, 3.63) is 35.9 Å². The van der Waals surface area contributed by atoms with Crippen LogP contribution in [0, 0.1) is 0 Å². The lowest BCUT2D eigenvalue weighted by atomic mass is 9.94. The van der Waals surface area contributed by atoms with Crippen LogP contribution in [0.15, 0.2) is 30.3 Å². The molecule has 2 fully saturated rings. The van der Waals surface area contributed by atoms with Crippen LogP contribution in [0.4, 0.5) is 4.79 Å². The zero-order valence-corrected chi connectivity index (χ0v) is 14.0. The maximum Gasteiger partial charge on any atom is 0.317 e. The summed E-state index contributed by atoms with van der Waals surface area (Å²) >= 11 is 0. The third kappa shape index (κ3) is 4.71. The van der Waals surface area contributed by atoms with Gasteiger partial charge in [-0.2, -0.15) is 0 Å². The van der Waals surface area contributed by atoms with Crippen LogP contribution in [-0.2, 0) is 6.42 Å². The minimum Gasteiger partial charge on any atom is -0.338 e. The average Bonchev–Trinajstić information content (AvgIpc) is 2.63. The number of carbonyl (C=O) groups is 1. The Balaban J connectivity index is 1.36. The Kier molecular flexibility index (Phi) is 5.92. The lowest BCUT2D eigenvalue weighted by molar-refractivity contribution is 0.0907. The van der Waals surface area contributed by atoms with Crippen molar-refractivity contribution in [1.29, 1.82) is 0 Å². The monoisotopic (exact) mass is 315 g/mol. The summed E-state index contributed by atoms with van der Waals surface area (Å²) in [5.41, 5.74) is 1.27. The van der Waals surface area contributed by atoms with Crippen molar-refractivity contribution in [2.75, 3.05) is 32.7 Å². The molecule has 1 aliphatic heterocycles. The van der Waals surface area contributed by atoms with Gasteiger partial charge in [-0.05, 0) is 24.8 Å². The molecule has 1 aromatic rings. The molecule has 0 atom stereocenters. The van der Waals surface area contributed by atoms with Gasteiger partial charge in [0.25, 0.3) is 0 Å². The number of nitrogens with zero attached hydrogens (tertiary/aromatic N) is 2. The van der Waals surface area contributed by atoms with E-state index in [1.54, 1.807) is 0 Å². The molecule has 2 amide bonds. The van der Waals surface area contributed by atoms with E-state index in [2.05, 4.69) is 22.3 Å². The van der Waals surface area contributed by atoms with Crippen molar-refractivity contribution in [2.45, 2.75) is 44.6 Å². The average molecular weight is 315 g/mol. The van der Waals surface area contributed by atoms with Crippen LogP contribution in [0.3, 0.4) is 0 Å². The molecule has 1 saturated heterocycles. The second kappa shape index (κ2) is 8.34. The molecule has 126 valence electrons. The Morgan fingerprint density at radius 2 is 1.70 bits per heavy atom. The minimum absolute atomic E-state index is 0.101. The number of hydrogen-bond acceptors (Lipinski definition) is 2. The van der Waals surface area contributed by atoms with Gasteiger partial charge in [0.05, 0.1) is 0 Å². The molecule has 2 aliphatic rings. The van der Waals surface area contributed by atoms with E-state index < -0.39 is 0 Å². The van der Waals surface area contributed by atoms with E-state index >= 15 is 0 Å². The number of urea groups is 1. The quantitative estimate of drug-likeness (QED) is 0.927. The molecule has 1 aromatic carbocycles. The molecule has 0 bridgehead atoms. The largest absolute Gasteiger partial charge is 0.338 e. The SMILES string of the molecule is O=C(NCCc1ccccc1)N1CCN(C2CCCCC2)CC1. The highest BCUT2D eigenvalue weighted by Crippen LogP contribution is 2.23. The summed E-state index contributed by atoms with van der Waals surface area (Å²) in [7, 11) is 0. The van der Waals surface area contributed by atoms with Gasteiger partial charge in [-0.1, -0.05) is 49.6 Å². The predicted molar refractivity (Wildman–Crippen MR) is 93.6 cm³/mol. The molecule has 4 heteroatoms. The normalized spacial score (nSPS) is 20.4. The lowest BCUT2D eigenvalue weighted by Crippen LogP contribution is -2.54. The Labute approximate surface area is 139 Å². The number of hydrogen-bond donors (Lipinski definition) is 1. The second-order valence-corrected chi connectivity index (χ2v) is 6.78. The third-order valence-corrected chi connectivity index (χ3v) is 5.23. The minimum atomic E-state index is 0.101. The highest BCUT2D eigenvalue weighted by molar-refractivity contribution is 5.74. The summed E-state index contributed by atoms with van der Waals surface area (Å²) in [5, 5.41) is 3.06. The summed E-state index contributed by atoms with van der Waals surface area (Å²) in [6, 6.07) is 11.2. The van der Waals surface area contributed by atoms with Gasteiger partial charge in [0, 0.05) is 38.8 Å². The Hall–Kier alpha value is -1.55. The maximum absolute atomic E-state index is 12.3. The Morgan fingerprint density at radius 3 is 2.39 bits per heavy atom. The number of carbonyl (C=O) groups excluding carboxylic acids is 1. The van der Waals surface area contributed by atoms with Crippen LogP contribution >= 0.6 is 0 Å². The molecular formula is C19H29N3O. The van der Waals surface area contributed by atoms with E-state index in [1.807, 2.05) is 23.1 Å². The summed E-state index contributed by atoms with van der Waals surface area (Å²) in [6.45, 7) is 4.53. The molecular weight excluding hydrogens is 286 g/mol. The third-order valence-electron chi connectivity index (χ3n) is 5.23. The fourth-order valence-electron chi connectivity index (χ4n) is 3.81. The number of amides is 2. The van der Waals surface area contributed by atoms with Crippen molar-refractivity contribution in [2.24, 2.45) is 0 Å². The molecule has 0 unspecified atom stereocenters. The van der Waals surface area contributed by atoms with Gasteiger partial charge in [0.1, 0.15) is 0 Å². The van der Waals surface area contributed by atoms with Gasteiger partial charge in [-0.15, -0.1) is 0 Å². The first-order valence-corrected chi connectivity index (χ1v) is 9.14. The first-order valence-electron chi connectivity index (χ1n) is 9.14. The van der Waals surface area contributed by atoms with Gasteiger partial charge in [0.15, 0.2) is 0 Å². The molecule has 3 rings (SSSR count). The predicted octanol–water partition coefficient (Wildman–Crippen LogP) is 2.89. The Morgan fingerprint density at radius 1 is 1.00 bits per heavy atom. The van der Waals surface area contributed by atoms with E-state index in [4.69, 9.17) is 0 Å². The number of rotatable bonds is 4. The molecule has 1 saturated carbocycles. The molecule has 0 radical (unpaired) electrons. The number of piperazine rings is 1. The van der Waals surface area contributed by atoms with Crippen molar-refractivity contribution in [3.63, 3.8) is 0 Å². The van der Waals surface area contributed by atoms with Crippen LogP contribution in [0.1, 0.15) is 37.7 Å². The van der Waals surface area contributed by atoms with E-state index in [9.17, 15) is 4.79 Å². The number of nitrogens with one attached hydrogen (secondary N) is 1. The van der Waals surface area contributed by atoms with Crippen LogP contribution in [0.5, 0.6) is 0 Å². The van der Waals surface area contributed by atoms with Crippen molar-refractivity contribution >= 4 is 6.03 Å². The van der Waals surface area contributed by atoms with Crippen LogP contribution < -0.4 is 5.32 Å². The van der Waals surface area contributed by atoms with Crippen LogP contribution in [0.25, 0.3) is 0 Å². The van der Waals surface area contributed by atoms with Crippen molar-refractivity contribution in [1.82, 2.24) is 15.1 Å². The van der Waals surface area contributed by atoms with E-state index in [0.717, 1.165) is 38.6 Å². The molecule has 1 aliphatic carbocycles. The van der Waals surface area contributed by atoms with Gasteiger partial charge < -0.3 is 10.2 Å². The van der Waals surface area contributed by atoms with E-state index in [-0.39, 0.29) is 6.03 Å². The fraction of sp³-hybridized carbons (Fsp3) is 0.632. The molecule has 4 nitrogen and oxygen atoms in total. The van der Waals surface area contributed by atoms with Gasteiger partial charge >= 0.3 is 6.03 Å². The summed E-state index contributed by atoms with van der Waals surface area (Å²) in [5.74, 6) is 0. The first kappa shape index (κ1) is 16.3. The lowest BCUT2D eigenvalue weighted by Gasteiger charge is -2.40. The van der Waals surface area contributed by atoms with Gasteiger partial charge in [-0.3, -0.25) is 4.90 Å². The highest BCUT2D eigenvalue weighted by atomic mass is 16.2. The van der Waals surface area contributed by atoms with Gasteiger partial charge in [-0.25, -0.2) is 4.79 Å². The number of benzene rings is 1. The van der Waals surface area contributed by atoms with E-state index in [0.29, 0.717) is 6.54 Å². The zero-order chi connectivity index (χ0) is 15.9. The topological polar surface area (TPSA) is 35.6 Å². The Bertz CT molecular complexity index is 477. The molecule has 23 heavy (non-hydrogen) atoms. The van der Waals surface area contributed by atoms with Crippen molar-refractivity contribution < 1.29 is 4.79 Å².